The normalized spacial score (nSPS) is 10.1. The fourth-order valence-electron chi connectivity index (χ4n) is 1.10. The molecule has 0 bridgehead atoms. The molecule has 1 rings (SSSR count). The van der Waals surface area contributed by atoms with Gasteiger partial charge in [-0.3, -0.25) is 4.79 Å². The maximum Gasteiger partial charge on any atom is 0.162 e. The molecule has 0 heterocycles. The summed E-state index contributed by atoms with van der Waals surface area (Å²) in [7, 11) is 0. The van der Waals surface area contributed by atoms with Crippen LogP contribution in [0.15, 0.2) is 28.7 Å². The highest BCUT2D eigenvalue weighted by Crippen LogP contribution is 2.10. The molecule has 76 valence electrons. The first kappa shape index (κ1) is 11.4. The van der Waals surface area contributed by atoms with Crippen molar-refractivity contribution in [3.8, 4) is 0 Å². The second-order valence-corrected chi connectivity index (χ2v) is 3.89. The Hall–Kier alpha value is -0.670. The summed E-state index contributed by atoms with van der Waals surface area (Å²) in [6, 6.07) is 7.74. The van der Waals surface area contributed by atoms with Crippen molar-refractivity contribution in [3.05, 3.63) is 34.3 Å². The molecule has 0 N–H and O–H groups in total. The van der Waals surface area contributed by atoms with Crippen LogP contribution in [0.5, 0.6) is 0 Å². The monoisotopic (exact) mass is 256 g/mol. The summed E-state index contributed by atoms with van der Waals surface area (Å²) in [5.41, 5.74) is 1.03. The van der Waals surface area contributed by atoms with Crippen LogP contribution in [-0.4, -0.2) is 19.0 Å². The Bertz CT molecular complexity index is 293. The van der Waals surface area contributed by atoms with E-state index in [4.69, 9.17) is 4.74 Å². The Balaban J connectivity index is 2.44. The largest absolute Gasteiger partial charge is 0.374 e. The van der Waals surface area contributed by atoms with Gasteiger partial charge in [0.1, 0.15) is 6.61 Å². The second kappa shape index (κ2) is 5.94. The molecule has 0 aliphatic rings. The summed E-state index contributed by atoms with van der Waals surface area (Å²) in [5.74, 6) is 0.120. The van der Waals surface area contributed by atoms with Gasteiger partial charge in [-0.05, 0) is 24.6 Å². The van der Waals surface area contributed by atoms with Gasteiger partial charge in [-0.15, -0.1) is 0 Å². The molecule has 0 unspecified atom stereocenters. The van der Waals surface area contributed by atoms with Gasteiger partial charge in [0.2, 0.25) is 0 Å². The van der Waals surface area contributed by atoms with Crippen LogP contribution in [0.25, 0.3) is 0 Å². The Labute approximate surface area is 92.4 Å². The van der Waals surface area contributed by atoms with Crippen LogP contribution >= 0.6 is 15.9 Å². The predicted octanol–water partition coefficient (Wildman–Crippen LogP) is 2.60. The van der Waals surface area contributed by atoms with Gasteiger partial charge in [0.05, 0.1) is 0 Å². The molecule has 14 heavy (non-hydrogen) atoms. The number of ketones is 1. The standard InChI is InChI=1S/C11H13BrO2/c1-2-14-8-11(13)7-9-3-5-10(12)6-4-9/h3-6H,2,7-8H2,1H3. The van der Waals surface area contributed by atoms with Crippen LogP contribution in [0.1, 0.15) is 12.5 Å². The molecular weight excluding hydrogens is 244 g/mol. The zero-order valence-corrected chi connectivity index (χ0v) is 9.71. The van der Waals surface area contributed by atoms with Crippen molar-refractivity contribution in [2.75, 3.05) is 13.2 Å². The molecule has 0 aliphatic heterocycles. The molecule has 0 amide bonds. The van der Waals surface area contributed by atoms with Crippen LogP contribution in [0.3, 0.4) is 0 Å². The fraction of sp³-hybridized carbons (Fsp3) is 0.364. The van der Waals surface area contributed by atoms with Gasteiger partial charge in [0, 0.05) is 17.5 Å². The maximum absolute atomic E-state index is 11.3. The van der Waals surface area contributed by atoms with E-state index in [-0.39, 0.29) is 12.4 Å². The lowest BCUT2D eigenvalue weighted by molar-refractivity contribution is -0.122. The van der Waals surface area contributed by atoms with Crippen molar-refractivity contribution < 1.29 is 9.53 Å². The molecule has 0 atom stereocenters. The summed E-state index contributed by atoms with van der Waals surface area (Å²) in [6.07, 6.45) is 0.452. The lowest BCUT2D eigenvalue weighted by Crippen LogP contribution is -2.11. The van der Waals surface area contributed by atoms with Gasteiger partial charge in [0.25, 0.3) is 0 Å². The highest BCUT2D eigenvalue weighted by atomic mass is 79.9. The molecule has 1 aromatic rings. The Morgan fingerprint density at radius 1 is 1.36 bits per heavy atom. The van der Waals surface area contributed by atoms with E-state index in [1.165, 1.54) is 0 Å². The van der Waals surface area contributed by atoms with E-state index in [1.54, 1.807) is 0 Å². The highest BCUT2D eigenvalue weighted by molar-refractivity contribution is 9.10. The number of hydrogen-bond acceptors (Lipinski definition) is 2. The van der Waals surface area contributed by atoms with E-state index in [0.717, 1.165) is 10.0 Å². The number of rotatable bonds is 5. The van der Waals surface area contributed by atoms with E-state index in [1.807, 2.05) is 31.2 Å². The third-order valence-corrected chi connectivity index (χ3v) is 2.31. The van der Waals surface area contributed by atoms with Crippen molar-refractivity contribution in [2.45, 2.75) is 13.3 Å². The van der Waals surface area contributed by atoms with Crippen LogP contribution in [0, 0.1) is 0 Å². The highest BCUT2D eigenvalue weighted by Gasteiger charge is 2.02. The van der Waals surface area contributed by atoms with E-state index >= 15 is 0 Å². The summed E-state index contributed by atoms with van der Waals surface area (Å²) >= 11 is 3.34. The van der Waals surface area contributed by atoms with Crippen molar-refractivity contribution in [2.24, 2.45) is 0 Å². The van der Waals surface area contributed by atoms with Gasteiger partial charge < -0.3 is 4.74 Å². The zero-order valence-electron chi connectivity index (χ0n) is 8.13. The molecule has 0 spiro atoms. The maximum atomic E-state index is 11.3. The van der Waals surface area contributed by atoms with Gasteiger partial charge in [-0.2, -0.15) is 0 Å². The average molecular weight is 257 g/mol. The topological polar surface area (TPSA) is 26.3 Å². The number of hydrogen-bond donors (Lipinski definition) is 0. The number of carbonyl (C=O) groups is 1. The summed E-state index contributed by atoms with van der Waals surface area (Å²) in [6.45, 7) is 2.69. The molecule has 2 nitrogen and oxygen atoms in total. The SMILES string of the molecule is CCOCC(=O)Cc1ccc(Br)cc1. The molecular formula is C11H13BrO2. The minimum absolute atomic E-state index is 0.120. The Kier molecular flexibility index (Phi) is 4.84. The van der Waals surface area contributed by atoms with Gasteiger partial charge in [0.15, 0.2) is 5.78 Å². The van der Waals surface area contributed by atoms with Crippen molar-refractivity contribution in [1.29, 1.82) is 0 Å². The van der Waals surface area contributed by atoms with Crippen LogP contribution in [-0.2, 0) is 16.0 Å². The third kappa shape index (κ3) is 4.03. The number of Topliss-reactive ketones (excluding diaryl/α,β-unsaturated/α-hetero) is 1. The summed E-state index contributed by atoms with van der Waals surface area (Å²) < 4.78 is 6.06. The molecule has 0 aromatic heterocycles. The second-order valence-electron chi connectivity index (χ2n) is 2.98. The van der Waals surface area contributed by atoms with Gasteiger partial charge >= 0.3 is 0 Å². The number of benzene rings is 1. The first-order valence-electron chi connectivity index (χ1n) is 4.56. The molecule has 0 fully saturated rings. The summed E-state index contributed by atoms with van der Waals surface area (Å²) in [5, 5.41) is 0. The molecule has 1 aromatic carbocycles. The van der Waals surface area contributed by atoms with Crippen molar-refractivity contribution >= 4 is 21.7 Å². The lowest BCUT2D eigenvalue weighted by atomic mass is 10.1. The average Bonchev–Trinajstić information content (AvgIpc) is 2.18. The fourth-order valence-corrected chi connectivity index (χ4v) is 1.36. The van der Waals surface area contributed by atoms with Gasteiger partial charge in [-0.1, -0.05) is 28.1 Å². The van der Waals surface area contributed by atoms with Crippen molar-refractivity contribution in [1.82, 2.24) is 0 Å². The molecule has 0 saturated heterocycles. The third-order valence-electron chi connectivity index (χ3n) is 1.78. The Morgan fingerprint density at radius 2 is 2.00 bits per heavy atom. The number of carbonyl (C=O) groups excluding carboxylic acids is 1. The van der Waals surface area contributed by atoms with Crippen LogP contribution < -0.4 is 0 Å². The van der Waals surface area contributed by atoms with Crippen LogP contribution in [0.4, 0.5) is 0 Å². The van der Waals surface area contributed by atoms with E-state index in [9.17, 15) is 4.79 Å². The first-order valence-corrected chi connectivity index (χ1v) is 5.35. The van der Waals surface area contributed by atoms with Crippen molar-refractivity contribution in [3.63, 3.8) is 0 Å². The molecule has 0 aliphatic carbocycles. The predicted molar refractivity (Wildman–Crippen MR) is 59.3 cm³/mol. The van der Waals surface area contributed by atoms with Gasteiger partial charge in [-0.25, -0.2) is 0 Å². The molecule has 3 heteroatoms. The lowest BCUT2D eigenvalue weighted by Gasteiger charge is -2.01. The van der Waals surface area contributed by atoms with E-state index in [2.05, 4.69) is 15.9 Å². The minimum atomic E-state index is 0.120. The minimum Gasteiger partial charge on any atom is -0.374 e. The number of ether oxygens (including phenoxy) is 1. The zero-order chi connectivity index (χ0) is 10.4. The van der Waals surface area contributed by atoms with Crippen LogP contribution in [0.2, 0.25) is 0 Å². The molecule has 0 saturated carbocycles. The quantitative estimate of drug-likeness (QED) is 0.810. The Morgan fingerprint density at radius 3 is 2.57 bits per heavy atom. The molecule has 0 radical (unpaired) electrons. The smallest absolute Gasteiger partial charge is 0.162 e. The van der Waals surface area contributed by atoms with E-state index < -0.39 is 0 Å². The van der Waals surface area contributed by atoms with E-state index in [0.29, 0.717) is 13.0 Å². The first-order chi connectivity index (χ1) is 6.72. The number of halogens is 1. The summed E-state index contributed by atoms with van der Waals surface area (Å²) in [4.78, 5) is 11.3.